The number of nitro benzene ring substituents is 1. The summed E-state index contributed by atoms with van der Waals surface area (Å²) in [7, 11) is 0. The number of non-ortho nitro benzene ring substituents is 1. The first-order chi connectivity index (χ1) is 14.9. The van der Waals surface area contributed by atoms with E-state index in [1.807, 2.05) is 6.07 Å². The molecule has 1 aliphatic heterocycles. The Balaban J connectivity index is 1.87. The van der Waals surface area contributed by atoms with Gasteiger partial charge in [-0.1, -0.05) is 6.07 Å². The van der Waals surface area contributed by atoms with Crippen LogP contribution >= 0.6 is 11.3 Å². The van der Waals surface area contributed by atoms with Crippen LogP contribution in [-0.4, -0.2) is 21.7 Å². The SMILES string of the molecule is N#Cc1ccc(N2C(=O)C(=O)/C(=C(\O)c3ccc([N+](=O)[O-])cc3)C2c2cccs2)cc1. The molecule has 3 aromatic rings. The third-order valence-corrected chi connectivity index (χ3v) is 5.81. The number of benzene rings is 2. The number of ketones is 1. The van der Waals surface area contributed by atoms with Gasteiger partial charge in [0.25, 0.3) is 17.4 Å². The average molecular weight is 431 g/mol. The van der Waals surface area contributed by atoms with E-state index in [4.69, 9.17) is 5.26 Å². The zero-order chi connectivity index (χ0) is 22.1. The largest absolute Gasteiger partial charge is 0.507 e. The lowest BCUT2D eigenvalue weighted by Gasteiger charge is -2.24. The van der Waals surface area contributed by atoms with Gasteiger partial charge in [-0.15, -0.1) is 11.3 Å². The molecule has 152 valence electrons. The molecule has 0 spiro atoms. The van der Waals surface area contributed by atoms with E-state index < -0.39 is 28.4 Å². The summed E-state index contributed by atoms with van der Waals surface area (Å²) in [6.45, 7) is 0. The molecule has 1 fully saturated rings. The van der Waals surface area contributed by atoms with Gasteiger partial charge >= 0.3 is 0 Å². The van der Waals surface area contributed by atoms with Crippen LogP contribution in [0.4, 0.5) is 11.4 Å². The minimum atomic E-state index is -0.872. The molecule has 0 radical (unpaired) electrons. The van der Waals surface area contributed by atoms with E-state index in [0.717, 1.165) is 0 Å². The summed E-state index contributed by atoms with van der Waals surface area (Å²) in [4.78, 5) is 38.1. The van der Waals surface area contributed by atoms with Gasteiger partial charge in [0.05, 0.1) is 22.1 Å². The predicted octanol–water partition coefficient (Wildman–Crippen LogP) is 4.15. The number of anilines is 1. The minimum Gasteiger partial charge on any atom is -0.507 e. The van der Waals surface area contributed by atoms with Crippen molar-refractivity contribution >= 4 is 40.2 Å². The summed E-state index contributed by atoms with van der Waals surface area (Å²) >= 11 is 1.32. The van der Waals surface area contributed by atoms with Crippen LogP contribution in [0.25, 0.3) is 5.76 Å². The molecular weight excluding hydrogens is 418 g/mol. The van der Waals surface area contributed by atoms with Gasteiger partial charge in [0.1, 0.15) is 11.8 Å². The minimum absolute atomic E-state index is 0.106. The molecule has 1 aliphatic rings. The van der Waals surface area contributed by atoms with E-state index in [0.29, 0.717) is 16.1 Å². The van der Waals surface area contributed by atoms with Gasteiger partial charge in [0.15, 0.2) is 0 Å². The molecule has 0 aliphatic carbocycles. The van der Waals surface area contributed by atoms with Crippen LogP contribution in [0.3, 0.4) is 0 Å². The average Bonchev–Trinajstić information content (AvgIpc) is 3.40. The Labute approximate surface area is 180 Å². The molecule has 2 aromatic carbocycles. The second-order valence-electron chi connectivity index (χ2n) is 6.65. The summed E-state index contributed by atoms with van der Waals surface area (Å²) < 4.78 is 0. The highest BCUT2D eigenvalue weighted by molar-refractivity contribution is 7.10. The zero-order valence-corrected chi connectivity index (χ0v) is 16.6. The normalized spacial score (nSPS) is 17.5. The Bertz CT molecular complexity index is 1260. The highest BCUT2D eigenvalue weighted by atomic mass is 32.1. The number of hydrogen-bond acceptors (Lipinski definition) is 7. The van der Waals surface area contributed by atoms with Crippen molar-refractivity contribution in [2.75, 3.05) is 4.90 Å². The monoisotopic (exact) mass is 431 g/mol. The second-order valence-corrected chi connectivity index (χ2v) is 7.63. The Morgan fingerprint density at radius 3 is 2.32 bits per heavy atom. The fourth-order valence-corrected chi connectivity index (χ4v) is 4.23. The number of thiophene rings is 1. The van der Waals surface area contributed by atoms with Crippen molar-refractivity contribution in [1.29, 1.82) is 5.26 Å². The van der Waals surface area contributed by atoms with Crippen molar-refractivity contribution in [3.8, 4) is 6.07 Å². The lowest BCUT2D eigenvalue weighted by molar-refractivity contribution is -0.384. The molecular formula is C22H13N3O5S. The Hall–Kier alpha value is -4.29. The van der Waals surface area contributed by atoms with Crippen LogP contribution in [0.1, 0.15) is 22.0 Å². The number of amides is 1. The molecule has 1 N–H and O–H groups in total. The van der Waals surface area contributed by atoms with Crippen LogP contribution in [0, 0.1) is 21.4 Å². The Morgan fingerprint density at radius 2 is 1.77 bits per heavy atom. The maximum Gasteiger partial charge on any atom is 0.300 e. The van der Waals surface area contributed by atoms with Crippen LogP contribution in [-0.2, 0) is 9.59 Å². The molecule has 2 heterocycles. The summed E-state index contributed by atoms with van der Waals surface area (Å²) in [6, 6.07) is 15.9. The van der Waals surface area contributed by atoms with E-state index in [9.17, 15) is 24.8 Å². The first-order valence-corrected chi connectivity index (χ1v) is 9.89. The predicted molar refractivity (Wildman–Crippen MR) is 113 cm³/mol. The fraction of sp³-hybridized carbons (Fsp3) is 0.0455. The molecule has 1 unspecified atom stereocenters. The van der Waals surface area contributed by atoms with Gasteiger partial charge < -0.3 is 5.11 Å². The molecule has 8 nitrogen and oxygen atoms in total. The Morgan fingerprint density at radius 1 is 1.10 bits per heavy atom. The molecule has 31 heavy (non-hydrogen) atoms. The van der Waals surface area contributed by atoms with Gasteiger partial charge in [-0.25, -0.2) is 0 Å². The third-order valence-electron chi connectivity index (χ3n) is 4.88. The number of hydrogen-bond donors (Lipinski definition) is 1. The van der Waals surface area contributed by atoms with Crippen LogP contribution in [0.2, 0.25) is 0 Å². The van der Waals surface area contributed by atoms with Crippen molar-refractivity contribution < 1.29 is 19.6 Å². The molecule has 1 atom stereocenters. The molecule has 4 rings (SSSR count). The number of carbonyl (C=O) groups is 2. The standard InChI is InChI=1S/C22H13N3O5S/c23-12-13-3-7-15(8-4-13)24-19(17-2-1-11-31-17)18(21(27)22(24)28)20(26)14-5-9-16(10-6-14)25(29)30/h1-11,19,26H/b20-18-. The molecule has 1 saturated heterocycles. The summed E-state index contributed by atoms with van der Waals surface area (Å²) in [5.74, 6) is -2.09. The van der Waals surface area contributed by atoms with Crippen molar-refractivity contribution in [2.45, 2.75) is 6.04 Å². The van der Waals surface area contributed by atoms with E-state index in [1.165, 1.54) is 52.6 Å². The smallest absolute Gasteiger partial charge is 0.300 e. The zero-order valence-electron chi connectivity index (χ0n) is 15.8. The molecule has 0 saturated carbocycles. The maximum absolute atomic E-state index is 12.9. The number of nitro groups is 1. The topological polar surface area (TPSA) is 125 Å². The van der Waals surface area contributed by atoms with Gasteiger partial charge in [-0.05, 0) is 47.8 Å². The number of rotatable bonds is 4. The number of Topliss-reactive ketones (excluding diaryl/α,β-unsaturated/α-hetero) is 1. The molecule has 1 amide bonds. The number of aliphatic hydroxyl groups is 1. The number of carbonyl (C=O) groups excluding carboxylic acids is 2. The summed E-state index contributed by atoms with van der Waals surface area (Å²) in [5.41, 5.74) is 0.723. The van der Waals surface area contributed by atoms with Gasteiger partial charge in [-0.2, -0.15) is 5.26 Å². The van der Waals surface area contributed by atoms with Crippen LogP contribution in [0.15, 0.2) is 71.6 Å². The van der Waals surface area contributed by atoms with Gasteiger partial charge in [0, 0.05) is 28.3 Å². The first kappa shape index (κ1) is 20.0. The molecule has 0 bridgehead atoms. The van der Waals surface area contributed by atoms with Crippen molar-refractivity contribution in [1.82, 2.24) is 0 Å². The van der Waals surface area contributed by atoms with Crippen molar-refractivity contribution in [3.63, 3.8) is 0 Å². The fourth-order valence-electron chi connectivity index (χ4n) is 3.41. The Kier molecular flexibility index (Phi) is 5.07. The van der Waals surface area contributed by atoms with Crippen LogP contribution < -0.4 is 4.90 Å². The van der Waals surface area contributed by atoms with Gasteiger partial charge in [-0.3, -0.25) is 24.6 Å². The van der Waals surface area contributed by atoms with E-state index >= 15 is 0 Å². The lowest BCUT2D eigenvalue weighted by atomic mass is 9.99. The third kappa shape index (κ3) is 3.45. The van der Waals surface area contributed by atoms with E-state index in [2.05, 4.69) is 0 Å². The van der Waals surface area contributed by atoms with Crippen molar-refractivity contribution in [2.24, 2.45) is 0 Å². The first-order valence-electron chi connectivity index (χ1n) is 9.01. The number of aliphatic hydroxyl groups excluding tert-OH is 1. The highest BCUT2D eigenvalue weighted by Crippen LogP contribution is 2.43. The van der Waals surface area contributed by atoms with Crippen LogP contribution in [0.5, 0.6) is 0 Å². The summed E-state index contributed by atoms with van der Waals surface area (Å²) in [6.07, 6.45) is 0. The highest BCUT2D eigenvalue weighted by Gasteiger charge is 2.47. The quantitative estimate of drug-likeness (QED) is 0.217. The second kappa shape index (κ2) is 7.85. The van der Waals surface area contributed by atoms with E-state index in [-0.39, 0.29) is 16.8 Å². The maximum atomic E-state index is 12.9. The molecule has 9 heteroatoms. The number of nitriles is 1. The van der Waals surface area contributed by atoms with Gasteiger partial charge in [0.2, 0.25) is 0 Å². The van der Waals surface area contributed by atoms with Crippen molar-refractivity contribution in [3.05, 3.63) is 97.7 Å². The van der Waals surface area contributed by atoms with E-state index in [1.54, 1.807) is 29.6 Å². The summed E-state index contributed by atoms with van der Waals surface area (Å²) in [5, 5.41) is 32.6. The number of nitrogens with zero attached hydrogens (tertiary/aromatic N) is 3. The lowest BCUT2D eigenvalue weighted by Crippen LogP contribution is -2.29. The molecule has 1 aromatic heterocycles.